The maximum Gasteiger partial charge on any atom is 0.290 e. The van der Waals surface area contributed by atoms with Crippen LogP contribution < -0.4 is 5.43 Å². The van der Waals surface area contributed by atoms with Crippen molar-refractivity contribution in [2.75, 3.05) is 27.2 Å². The molecule has 138 valence electrons. The molecule has 5 nitrogen and oxygen atoms in total. The number of hydrogen-bond donors (Lipinski definition) is 0. The molecule has 2 heterocycles. The third kappa shape index (κ3) is 3.17. The first-order valence-electron chi connectivity index (χ1n) is 8.74. The number of benzene rings is 2. The molecule has 0 radical (unpaired) electrons. The SMILES string of the molecule is CN(C)CCN1C(=O)c2oc3ccccc3c(=O)c2C1c1ccc(I)cc1. The molecule has 2 aromatic carbocycles. The van der Waals surface area contributed by atoms with Crippen molar-refractivity contribution in [2.24, 2.45) is 0 Å². The summed E-state index contributed by atoms with van der Waals surface area (Å²) in [6, 6.07) is 14.6. The average Bonchev–Trinajstić information content (AvgIpc) is 2.93. The molecule has 1 aliphatic heterocycles. The standard InChI is InChI=1S/C21H19IN2O3/c1-23(2)11-12-24-18(13-7-9-14(22)10-8-13)17-19(25)15-5-3-4-6-16(15)27-20(17)21(24)26/h3-10,18H,11-12H2,1-2H3. The van der Waals surface area contributed by atoms with Crippen LogP contribution in [0.15, 0.2) is 57.7 Å². The third-order valence-corrected chi connectivity index (χ3v) is 5.57. The highest BCUT2D eigenvalue weighted by Gasteiger charge is 2.42. The average molecular weight is 474 g/mol. The molecule has 4 rings (SSSR count). The molecular weight excluding hydrogens is 455 g/mol. The van der Waals surface area contributed by atoms with Crippen molar-refractivity contribution in [3.8, 4) is 0 Å². The van der Waals surface area contributed by atoms with Crippen LogP contribution in [0.25, 0.3) is 11.0 Å². The van der Waals surface area contributed by atoms with Crippen LogP contribution in [0.4, 0.5) is 0 Å². The summed E-state index contributed by atoms with van der Waals surface area (Å²) >= 11 is 2.25. The van der Waals surface area contributed by atoms with E-state index >= 15 is 0 Å². The first-order valence-corrected chi connectivity index (χ1v) is 9.82. The fraction of sp³-hybridized carbons (Fsp3) is 0.238. The van der Waals surface area contributed by atoms with Crippen LogP contribution in [-0.2, 0) is 0 Å². The number of fused-ring (bicyclic) bond motifs is 2. The molecule has 3 aromatic rings. The summed E-state index contributed by atoms with van der Waals surface area (Å²) in [7, 11) is 3.93. The number of nitrogens with zero attached hydrogens (tertiary/aromatic N) is 2. The quantitative estimate of drug-likeness (QED) is 0.544. The molecule has 1 aliphatic rings. The van der Waals surface area contributed by atoms with Crippen LogP contribution in [0.3, 0.4) is 0 Å². The second-order valence-corrected chi connectivity index (χ2v) is 8.17. The second kappa shape index (κ2) is 7.09. The summed E-state index contributed by atoms with van der Waals surface area (Å²) in [6.45, 7) is 1.22. The van der Waals surface area contributed by atoms with Gasteiger partial charge in [0.25, 0.3) is 5.91 Å². The van der Waals surface area contributed by atoms with Gasteiger partial charge in [0.15, 0.2) is 5.43 Å². The van der Waals surface area contributed by atoms with Gasteiger partial charge in [-0.1, -0.05) is 24.3 Å². The van der Waals surface area contributed by atoms with Gasteiger partial charge < -0.3 is 14.2 Å². The van der Waals surface area contributed by atoms with Gasteiger partial charge in [-0.2, -0.15) is 0 Å². The first-order chi connectivity index (χ1) is 13.0. The van der Waals surface area contributed by atoms with Crippen molar-refractivity contribution in [1.82, 2.24) is 9.80 Å². The second-order valence-electron chi connectivity index (χ2n) is 6.93. The largest absolute Gasteiger partial charge is 0.450 e. The normalized spacial score (nSPS) is 16.4. The zero-order valence-corrected chi connectivity index (χ0v) is 17.3. The number of para-hydroxylation sites is 1. The minimum Gasteiger partial charge on any atom is -0.450 e. The molecule has 27 heavy (non-hydrogen) atoms. The van der Waals surface area contributed by atoms with E-state index in [1.165, 1.54) is 0 Å². The Morgan fingerprint density at radius 1 is 1.07 bits per heavy atom. The number of carbonyl (C=O) groups is 1. The highest BCUT2D eigenvalue weighted by atomic mass is 127. The summed E-state index contributed by atoms with van der Waals surface area (Å²) < 4.78 is 7.01. The van der Waals surface area contributed by atoms with Crippen LogP contribution in [0.5, 0.6) is 0 Å². The lowest BCUT2D eigenvalue weighted by molar-refractivity contribution is 0.0716. The van der Waals surface area contributed by atoms with Gasteiger partial charge in [-0.05, 0) is 66.5 Å². The Morgan fingerprint density at radius 3 is 2.48 bits per heavy atom. The van der Waals surface area contributed by atoms with Crippen molar-refractivity contribution in [2.45, 2.75) is 6.04 Å². The van der Waals surface area contributed by atoms with Gasteiger partial charge in [-0.3, -0.25) is 9.59 Å². The van der Waals surface area contributed by atoms with Gasteiger partial charge in [0.05, 0.1) is 17.0 Å². The Hall–Kier alpha value is -2.19. The predicted octanol–water partition coefficient (Wildman–Crippen LogP) is 3.50. The lowest BCUT2D eigenvalue weighted by atomic mass is 9.98. The van der Waals surface area contributed by atoms with Gasteiger partial charge in [-0.15, -0.1) is 0 Å². The molecule has 1 unspecified atom stereocenters. The lowest BCUT2D eigenvalue weighted by Crippen LogP contribution is -2.35. The minimum absolute atomic E-state index is 0.129. The molecule has 6 heteroatoms. The Bertz CT molecular complexity index is 1070. The molecule has 1 atom stereocenters. The van der Waals surface area contributed by atoms with E-state index in [0.717, 1.165) is 9.13 Å². The van der Waals surface area contributed by atoms with E-state index in [-0.39, 0.29) is 17.1 Å². The lowest BCUT2D eigenvalue weighted by Gasteiger charge is -2.26. The molecule has 0 bridgehead atoms. The number of likely N-dealkylation sites (N-methyl/N-ethyl adjacent to an activating group) is 1. The maximum atomic E-state index is 13.2. The summed E-state index contributed by atoms with van der Waals surface area (Å²) in [5.74, 6) is -0.0562. The predicted molar refractivity (Wildman–Crippen MR) is 113 cm³/mol. The van der Waals surface area contributed by atoms with Crippen LogP contribution in [0.1, 0.15) is 27.7 Å². The zero-order valence-electron chi connectivity index (χ0n) is 15.1. The summed E-state index contributed by atoms with van der Waals surface area (Å²) in [5.41, 5.74) is 1.68. The Labute approximate surface area is 170 Å². The van der Waals surface area contributed by atoms with Gasteiger partial charge >= 0.3 is 0 Å². The Kier molecular flexibility index (Phi) is 4.77. The van der Waals surface area contributed by atoms with Gasteiger partial charge in [0.2, 0.25) is 5.76 Å². The van der Waals surface area contributed by atoms with Crippen LogP contribution in [-0.4, -0.2) is 42.9 Å². The van der Waals surface area contributed by atoms with E-state index < -0.39 is 6.04 Å². The summed E-state index contributed by atoms with van der Waals surface area (Å²) in [4.78, 5) is 30.1. The van der Waals surface area contributed by atoms with E-state index in [4.69, 9.17) is 4.42 Å². The molecule has 0 N–H and O–H groups in total. The van der Waals surface area contributed by atoms with Crippen LogP contribution in [0.2, 0.25) is 0 Å². The van der Waals surface area contributed by atoms with Gasteiger partial charge in [-0.25, -0.2) is 0 Å². The van der Waals surface area contributed by atoms with E-state index in [1.54, 1.807) is 23.1 Å². The van der Waals surface area contributed by atoms with Crippen LogP contribution >= 0.6 is 22.6 Å². The van der Waals surface area contributed by atoms with Gasteiger partial charge in [0, 0.05) is 16.7 Å². The highest BCUT2D eigenvalue weighted by molar-refractivity contribution is 14.1. The molecule has 0 fully saturated rings. The van der Waals surface area contributed by atoms with Gasteiger partial charge in [0.1, 0.15) is 5.58 Å². The minimum atomic E-state index is -0.426. The highest BCUT2D eigenvalue weighted by Crippen LogP contribution is 2.38. The molecular formula is C21H19IN2O3. The Morgan fingerprint density at radius 2 is 1.78 bits per heavy atom. The molecule has 1 amide bonds. The summed E-state index contributed by atoms with van der Waals surface area (Å²) in [6.07, 6.45) is 0. The number of amides is 1. The number of carbonyl (C=O) groups excluding carboxylic acids is 1. The summed E-state index contributed by atoms with van der Waals surface area (Å²) in [5, 5.41) is 0.508. The van der Waals surface area contributed by atoms with Crippen LogP contribution in [0, 0.1) is 3.57 Å². The molecule has 0 saturated heterocycles. The topological polar surface area (TPSA) is 53.8 Å². The van der Waals surface area contributed by atoms with E-state index in [1.807, 2.05) is 49.3 Å². The van der Waals surface area contributed by atoms with Crippen molar-refractivity contribution in [3.63, 3.8) is 0 Å². The smallest absolute Gasteiger partial charge is 0.290 e. The first kappa shape index (κ1) is 18.2. The van der Waals surface area contributed by atoms with E-state index in [0.29, 0.717) is 29.6 Å². The molecule has 0 saturated carbocycles. The molecule has 0 spiro atoms. The van der Waals surface area contributed by atoms with Crippen molar-refractivity contribution in [3.05, 3.63) is 79.2 Å². The Balaban J connectivity index is 1.93. The number of rotatable bonds is 4. The van der Waals surface area contributed by atoms with Crippen molar-refractivity contribution >= 4 is 39.5 Å². The number of halogens is 1. The number of hydrogen-bond acceptors (Lipinski definition) is 4. The zero-order chi connectivity index (χ0) is 19.1. The van der Waals surface area contributed by atoms with E-state index in [2.05, 4.69) is 22.6 Å². The van der Waals surface area contributed by atoms with Crippen molar-refractivity contribution in [1.29, 1.82) is 0 Å². The monoisotopic (exact) mass is 474 g/mol. The maximum absolute atomic E-state index is 13.2. The van der Waals surface area contributed by atoms with Crippen molar-refractivity contribution < 1.29 is 9.21 Å². The van der Waals surface area contributed by atoms with E-state index in [9.17, 15) is 9.59 Å². The molecule has 0 aliphatic carbocycles. The fourth-order valence-electron chi connectivity index (χ4n) is 3.50. The molecule has 1 aromatic heterocycles. The fourth-order valence-corrected chi connectivity index (χ4v) is 3.86. The third-order valence-electron chi connectivity index (χ3n) is 4.85.